The number of hydrogen-bond acceptors (Lipinski definition) is 4. The number of benzene rings is 1. The zero-order valence-corrected chi connectivity index (χ0v) is 12.5. The Labute approximate surface area is 128 Å². The Morgan fingerprint density at radius 2 is 1.95 bits per heavy atom. The molecular weight excluding hydrogens is 284 g/mol. The zero-order chi connectivity index (χ0) is 14.9. The van der Waals surface area contributed by atoms with Gasteiger partial charge in [0.05, 0.1) is 16.4 Å². The van der Waals surface area contributed by atoms with Crippen molar-refractivity contribution in [1.29, 1.82) is 5.26 Å². The van der Waals surface area contributed by atoms with E-state index >= 15 is 0 Å². The van der Waals surface area contributed by atoms with Gasteiger partial charge in [0.25, 0.3) is 0 Å². The lowest BCUT2D eigenvalue weighted by atomic mass is 9.69. The Balaban J connectivity index is 1.76. The molecule has 3 rings (SSSR count). The van der Waals surface area contributed by atoms with Gasteiger partial charge < -0.3 is 5.11 Å². The number of hydrogen-bond donors (Lipinski definition) is 2. The van der Waals surface area contributed by atoms with E-state index in [4.69, 9.17) is 5.11 Å². The molecule has 2 fully saturated rings. The number of rotatable bonds is 2. The number of aliphatic carboxylic acids is 1. The van der Waals surface area contributed by atoms with Gasteiger partial charge in [0.2, 0.25) is 0 Å². The predicted octanol–water partition coefficient (Wildman–Crippen LogP) is 2.51. The highest BCUT2D eigenvalue weighted by Crippen LogP contribution is 2.49. The number of nitrogens with one attached hydrogen (secondary N) is 1. The molecule has 1 aliphatic carbocycles. The van der Waals surface area contributed by atoms with Gasteiger partial charge in [-0.1, -0.05) is 30.3 Å². The summed E-state index contributed by atoms with van der Waals surface area (Å²) in [6.45, 7) is 0. The summed E-state index contributed by atoms with van der Waals surface area (Å²) in [5, 5.41) is 22.1. The third-order valence-corrected chi connectivity index (χ3v) is 6.29. The smallest absolute Gasteiger partial charge is 0.321 e. The Hall–Kier alpha value is -1.51. The van der Waals surface area contributed by atoms with Crippen LogP contribution >= 0.6 is 11.8 Å². The van der Waals surface area contributed by atoms with Crippen LogP contribution < -0.4 is 5.32 Å². The molecule has 1 atom stereocenters. The minimum Gasteiger partial charge on any atom is -0.480 e. The van der Waals surface area contributed by atoms with Crippen LogP contribution in [0.1, 0.15) is 31.2 Å². The Morgan fingerprint density at radius 3 is 2.48 bits per heavy atom. The van der Waals surface area contributed by atoms with Crippen molar-refractivity contribution in [1.82, 2.24) is 5.32 Å². The second kappa shape index (κ2) is 5.36. The van der Waals surface area contributed by atoms with E-state index in [0.29, 0.717) is 5.75 Å². The van der Waals surface area contributed by atoms with Crippen LogP contribution in [0.3, 0.4) is 0 Å². The molecule has 1 saturated carbocycles. The van der Waals surface area contributed by atoms with E-state index in [1.54, 1.807) is 11.8 Å². The number of carboxylic acids is 1. The summed E-state index contributed by atoms with van der Waals surface area (Å²) in [5.74, 6) is -0.167. The van der Waals surface area contributed by atoms with Crippen LogP contribution in [0.25, 0.3) is 0 Å². The third-order valence-electron chi connectivity index (χ3n) is 4.71. The molecule has 2 aliphatic rings. The quantitative estimate of drug-likeness (QED) is 0.878. The topological polar surface area (TPSA) is 73.1 Å². The van der Waals surface area contributed by atoms with Crippen molar-refractivity contribution in [3.05, 3.63) is 35.9 Å². The first-order valence-electron chi connectivity index (χ1n) is 7.20. The van der Waals surface area contributed by atoms with Crippen molar-refractivity contribution in [2.45, 2.75) is 42.0 Å². The van der Waals surface area contributed by atoms with Crippen LogP contribution in [0, 0.1) is 11.3 Å². The number of carbonyl (C=O) groups is 1. The van der Waals surface area contributed by atoms with Crippen LogP contribution in [-0.2, 0) is 10.2 Å². The van der Waals surface area contributed by atoms with Gasteiger partial charge >= 0.3 is 5.97 Å². The molecule has 0 aromatic heterocycles. The number of nitriles is 1. The van der Waals surface area contributed by atoms with E-state index in [1.165, 1.54) is 0 Å². The maximum absolute atomic E-state index is 11.1. The summed E-state index contributed by atoms with van der Waals surface area (Å²) in [6.07, 6.45) is 3.23. The van der Waals surface area contributed by atoms with Gasteiger partial charge in [-0.25, -0.2) is 0 Å². The Kier molecular flexibility index (Phi) is 3.68. The lowest BCUT2D eigenvalue weighted by molar-refractivity contribution is -0.139. The first-order valence-corrected chi connectivity index (χ1v) is 8.19. The second-order valence-electron chi connectivity index (χ2n) is 5.90. The molecule has 1 aromatic rings. The molecule has 1 aliphatic heterocycles. The summed E-state index contributed by atoms with van der Waals surface area (Å²) in [5.41, 5.74) is 0.663. The maximum Gasteiger partial charge on any atom is 0.321 e. The standard InChI is InChI=1S/C16H18N2O2S/c17-11-15(12-4-2-1-3-5-12)6-8-16(9-7-15)18-13(10-21-16)14(19)20/h1-5,13,18H,6-10H2,(H,19,20)/t13-,15?,16?/m0/s1. The van der Waals surface area contributed by atoms with Crippen LogP contribution in [0.2, 0.25) is 0 Å². The highest BCUT2D eigenvalue weighted by atomic mass is 32.2. The molecule has 5 heteroatoms. The summed E-state index contributed by atoms with van der Waals surface area (Å²) in [7, 11) is 0. The zero-order valence-electron chi connectivity index (χ0n) is 11.7. The molecule has 2 N–H and O–H groups in total. The molecule has 4 nitrogen and oxygen atoms in total. The second-order valence-corrected chi connectivity index (χ2v) is 7.30. The van der Waals surface area contributed by atoms with E-state index in [2.05, 4.69) is 11.4 Å². The molecule has 0 bridgehead atoms. The molecule has 110 valence electrons. The summed E-state index contributed by atoms with van der Waals surface area (Å²) < 4.78 is 0. The average molecular weight is 302 g/mol. The molecule has 1 aromatic carbocycles. The highest BCUT2D eigenvalue weighted by Gasteiger charge is 2.48. The first kappa shape index (κ1) is 14.4. The fraction of sp³-hybridized carbons (Fsp3) is 0.500. The lowest BCUT2D eigenvalue weighted by Gasteiger charge is -2.41. The van der Waals surface area contributed by atoms with Gasteiger partial charge in [-0.3, -0.25) is 10.1 Å². The van der Waals surface area contributed by atoms with Gasteiger partial charge in [-0.15, -0.1) is 11.8 Å². The van der Waals surface area contributed by atoms with Gasteiger partial charge in [-0.05, 0) is 31.2 Å². The van der Waals surface area contributed by atoms with Gasteiger partial charge in [-0.2, -0.15) is 5.26 Å². The van der Waals surface area contributed by atoms with Crippen molar-refractivity contribution < 1.29 is 9.90 Å². The van der Waals surface area contributed by atoms with Crippen molar-refractivity contribution >= 4 is 17.7 Å². The van der Waals surface area contributed by atoms with Gasteiger partial charge in [0.1, 0.15) is 6.04 Å². The van der Waals surface area contributed by atoms with E-state index in [0.717, 1.165) is 31.2 Å². The largest absolute Gasteiger partial charge is 0.480 e. The Morgan fingerprint density at radius 1 is 1.29 bits per heavy atom. The van der Waals surface area contributed by atoms with Crippen LogP contribution in [0.5, 0.6) is 0 Å². The average Bonchev–Trinajstić information content (AvgIpc) is 2.94. The van der Waals surface area contributed by atoms with Crippen LogP contribution in [0.15, 0.2) is 30.3 Å². The fourth-order valence-corrected chi connectivity index (χ4v) is 4.80. The predicted molar refractivity (Wildman–Crippen MR) is 81.9 cm³/mol. The van der Waals surface area contributed by atoms with E-state index in [-0.39, 0.29) is 4.87 Å². The van der Waals surface area contributed by atoms with Crippen molar-refractivity contribution in [3.8, 4) is 6.07 Å². The minimum atomic E-state index is -0.778. The molecular formula is C16H18N2O2S. The van der Waals surface area contributed by atoms with E-state index < -0.39 is 17.4 Å². The van der Waals surface area contributed by atoms with Crippen LogP contribution in [-0.4, -0.2) is 27.7 Å². The third kappa shape index (κ3) is 2.54. The fourth-order valence-electron chi connectivity index (χ4n) is 3.37. The molecule has 1 spiro atoms. The first-order chi connectivity index (χ1) is 10.1. The summed E-state index contributed by atoms with van der Waals surface area (Å²) >= 11 is 1.71. The number of thioether (sulfide) groups is 1. The van der Waals surface area contributed by atoms with Crippen molar-refractivity contribution in [3.63, 3.8) is 0 Å². The normalized spacial score (nSPS) is 35.5. The van der Waals surface area contributed by atoms with Crippen LogP contribution in [0.4, 0.5) is 0 Å². The van der Waals surface area contributed by atoms with Crippen molar-refractivity contribution in [2.24, 2.45) is 0 Å². The summed E-state index contributed by atoms with van der Waals surface area (Å²) in [6, 6.07) is 12.0. The van der Waals surface area contributed by atoms with E-state index in [9.17, 15) is 10.1 Å². The minimum absolute atomic E-state index is 0.155. The van der Waals surface area contributed by atoms with Gasteiger partial charge in [0.15, 0.2) is 0 Å². The SMILES string of the molecule is N#CC1(c2ccccc2)CCC2(CC1)N[C@H](C(=O)O)CS2. The lowest BCUT2D eigenvalue weighted by Crippen LogP contribution is -2.49. The Bertz CT molecular complexity index is 574. The molecule has 1 saturated heterocycles. The van der Waals surface area contributed by atoms with E-state index in [1.807, 2.05) is 30.3 Å². The van der Waals surface area contributed by atoms with Crippen molar-refractivity contribution in [2.75, 3.05) is 5.75 Å². The van der Waals surface area contributed by atoms with Gasteiger partial charge in [0, 0.05) is 5.75 Å². The number of nitrogens with zero attached hydrogens (tertiary/aromatic N) is 1. The molecule has 21 heavy (non-hydrogen) atoms. The maximum atomic E-state index is 11.1. The molecule has 1 heterocycles. The molecule has 0 unspecified atom stereocenters. The highest BCUT2D eigenvalue weighted by molar-refractivity contribution is 8.00. The summed E-state index contributed by atoms with van der Waals surface area (Å²) in [4.78, 5) is 10.9. The number of carboxylic acid groups (broad SMARTS) is 1. The monoisotopic (exact) mass is 302 g/mol. The molecule has 0 radical (unpaired) electrons. The molecule has 0 amide bonds.